The fourth-order valence-corrected chi connectivity index (χ4v) is 9.91. The van der Waals surface area contributed by atoms with Gasteiger partial charge in [0, 0.05) is 19.3 Å². The van der Waals surface area contributed by atoms with Gasteiger partial charge in [0.25, 0.3) is 0 Å². The maximum absolute atomic E-state index is 5.72. The SMILES string of the molecule is CO[Si]1(OC)N([SiH3])CC(C)C1(C)C. The number of nitrogens with zero attached hydrogens (tertiary/aromatic N) is 1. The Morgan fingerprint density at radius 1 is 1.38 bits per heavy atom. The van der Waals surface area contributed by atoms with Crippen LogP contribution in [0.25, 0.3) is 0 Å². The fraction of sp³-hybridized carbons (Fsp3) is 1.00. The monoisotopic (exact) mass is 219 g/mol. The Kier molecular flexibility index (Phi) is 3.04. The Morgan fingerprint density at radius 2 is 1.85 bits per heavy atom. The minimum Gasteiger partial charge on any atom is -0.386 e. The second-order valence-corrected chi connectivity index (χ2v) is 10.5. The van der Waals surface area contributed by atoms with E-state index >= 15 is 0 Å². The van der Waals surface area contributed by atoms with Gasteiger partial charge in [-0.3, -0.25) is 0 Å². The smallest absolute Gasteiger partial charge is 0.386 e. The van der Waals surface area contributed by atoms with Crippen molar-refractivity contribution in [3.05, 3.63) is 0 Å². The summed E-state index contributed by atoms with van der Waals surface area (Å²) in [6.07, 6.45) is 0. The Bertz CT molecular complexity index is 195. The molecule has 3 nitrogen and oxygen atoms in total. The summed E-state index contributed by atoms with van der Waals surface area (Å²) in [6, 6.07) is 0. The predicted octanol–water partition coefficient (Wildman–Crippen LogP) is 0.230. The van der Waals surface area contributed by atoms with Crippen LogP contribution in [0.3, 0.4) is 0 Å². The van der Waals surface area contributed by atoms with Crippen molar-refractivity contribution in [3.63, 3.8) is 0 Å². The average Bonchev–Trinajstić information content (AvgIpc) is 2.21. The minimum absolute atomic E-state index is 0.193. The minimum atomic E-state index is -2.08. The van der Waals surface area contributed by atoms with Crippen molar-refractivity contribution in [2.75, 3.05) is 20.8 Å². The summed E-state index contributed by atoms with van der Waals surface area (Å²) in [5.41, 5.74) is 0. The van der Waals surface area contributed by atoms with Crippen LogP contribution in [0.1, 0.15) is 20.8 Å². The molecule has 1 saturated heterocycles. The molecule has 0 aromatic carbocycles. The van der Waals surface area contributed by atoms with Crippen LogP contribution in [0.2, 0.25) is 5.04 Å². The first-order chi connectivity index (χ1) is 5.92. The number of hydrogen-bond donors (Lipinski definition) is 0. The molecule has 1 fully saturated rings. The van der Waals surface area contributed by atoms with Crippen LogP contribution in [0.5, 0.6) is 0 Å². The zero-order valence-electron chi connectivity index (χ0n) is 9.55. The van der Waals surface area contributed by atoms with Crippen LogP contribution in [0.4, 0.5) is 0 Å². The third kappa shape index (κ3) is 1.34. The molecule has 0 radical (unpaired) electrons. The Labute approximate surface area is 85.2 Å². The molecule has 0 amide bonds. The van der Waals surface area contributed by atoms with Gasteiger partial charge >= 0.3 is 8.72 Å². The lowest BCUT2D eigenvalue weighted by Crippen LogP contribution is -2.58. The van der Waals surface area contributed by atoms with E-state index < -0.39 is 8.72 Å². The number of rotatable bonds is 2. The van der Waals surface area contributed by atoms with Crippen molar-refractivity contribution >= 4 is 19.1 Å². The first-order valence-electron chi connectivity index (χ1n) is 4.74. The van der Waals surface area contributed by atoms with Crippen LogP contribution in [0, 0.1) is 5.92 Å². The van der Waals surface area contributed by atoms with Gasteiger partial charge in [-0.25, -0.2) is 0 Å². The predicted molar refractivity (Wildman–Crippen MR) is 59.6 cm³/mol. The fourth-order valence-electron chi connectivity index (χ4n) is 2.48. The molecule has 78 valence electrons. The lowest BCUT2D eigenvalue weighted by Gasteiger charge is -2.39. The van der Waals surface area contributed by atoms with E-state index in [4.69, 9.17) is 8.85 Å². The van der Waals surface area contributed by atoms with E-state index in [1.165, 1.54) is 0 Å². The summed E-state index contributed by atoms with van der Waals surface area (Å²) in [5.74, 6) is 0.663. The molecule has 0 spiro atoms. The topological polar surface area (TPSA) is 21.7 Å². The van der Waals surface area contributed by atoms with E-state index in [1.54, 1.807) is 14.2 Å². The maximum atomic E-state index is 5.72. The largest absolute Gasteiger partial charge is 0.426 e. The standard InChI is InChI=1S/C8H21NO2Si2/c1-7-6-9(12)13(10-4,11-5)8(7,2)3/h7H,6H2,1-5,12H3. The highest BCUT2D eigenvalue weighted by atomic mass is 28.4. The Morgan fingerprint density at radius 3 is 2.00 bits per heavy atom. The second kappa shape index (κ2) is 3.47. The average molecular weight is 219 g/mol. The van der Waals surface area contributed by atoms with E-state index in [2.05, 4.69) is 25.0 Å². The highest BCUT2D eigenvalue weighted by Crippen LogP contribution is 2.51. The van der Waals surface area contributed by atoms with Crippen molar-refractivity contribution in [1.29, 1.82) is 0 Å². The van der Waals surface area contributed by atoms with Gasteiger partial charge in [-0.1, -0.05) is 20.8 Å². The third-order valence-corrected chi connectivity index (χ3v) is 10.2. The molecule has 13 heavy (non-hydrogen) atoms. The van der Waals surface area contributed by atoms with Gasteiger partial charge in [0.1, 0.15) is 0 Å². The summed E-state index contributed by atoms with van der Waals surface area (Å²) < 4.78 is 13.9. The molecule has 1 aliphatic heterocycles. The van der Waals surface area contributed by atoms with Gasteiger partial charge in [-0.15, -0.1) is 0 Å². The first kappa shape index (κ1) is 11.4. The van der Waals surface area contributed by atoms with Crippen LogP contribution in [0.15, 0.2) is 0 Å². The summed E-state index contributed by atoms with van der Waals surface area (Å²) in [5, 5.41) is 0.193. The molecule has 5 heteroatoms. The van der Waals surface area contributed by atoms with Gasteiger partial charge in [0.15, 0.2) is 0 Å². The molecule has 0 N–H and O–H groups in total. The molecular formula is C8H21NO2Si2. The lowest BCUT2D eigenvalue weighted by atomic mass is 9.97. The van der Waals surface area contributed by atoms with E-state index in [0.717, 1.165) is 16.9 Å². The van der Waals surface area contributed by atoms with E-state index in [-0.39, 0.29) is 5.04 Å². The van der Waals surface area contributed by atoms with Crippen LogP contribution < -0.4 is 0 Å². The summed E-state index contributed by atoms with van der Waals surface area (Å²) in [7, 11) is 2.54. The van der Waals surface area contributed by atoms with Gasteiger partial charge in [-0.2, -0.15) is 0 Å². The van der Waals surface area contributed by atoms with Gasteiger partial charge in [-0.05, 0) is 12.5 Å². The summed E-state index contributed by atoms with van der Waals surface area (Å²) >= 11 is 0. The summed E-state index contributed by atoms with van der Waals surface area (Å²) in [6.45, 7) is 7.97. The Balaban J connectivity index is 3.05. The first-order valence-corrected chi connectivity index (χ1v) is 7.39. The molecule has 0 aromatic heterocycles. The maximum Gasteiger partial charge on any atom is 0.426 e. The zero-order chi connectivity index (χ0) is 10.3. The van der Waals surface area contributed by atoms with Crippen LogP contribution >= 0.6 is 0 Å². The molecular weight excluding hydrogens is 198 g/mol. The zero-order valence-corrected chi connectivity index (χ0v) is 12.5. The summed E-state index contributed by atoms with van der Waals surface area (Å²) in [4.78, 5) is 0. The molecule has 0 saturated carbocycles. The van der Waals surface area contributed by atoms with Crippen molar-refractivity contribution in [2.24, 2.45) is 5.92 Å². The molecule has 0 aromatic rings. The molecule has 0 aliphatic carbocycles. The van der Waals surface area contributed by atoms with Crippen molar-refractivity contribution in [3.8, 4) is 0 Å². The van der Waals surface area contributed by atoms with E-state index in [1.807, 2.05) is 0 Å². The van der Waals surface area contributed by atoms with E-state index in [9.17, 15) is 0 Å². The normalized spacial score (nSPS) is 32.5. The lowest BCUT2D eigenvalue weighted by molar-refractivity contribution is 0.189. The van der Waals surface area contributed by atoms with Gasteiger partial charge in [0.05, 0.1) is 10.4 Å². The van der Waals surface area contributed by atoms with Gasteiger partial charge < -0.3 is 13.1 Å². The Hall–Kier alpha value is 0.314. The highest BCUT2D eigenvalue weighted by Gasteiger charge is 2.62. The molecule has 1 atom stereocenters. The molecule has 1 heterocycles. The molecule has 0 bridgehead atoms. The third-order valence-electron chi connectivity index (χ3n) is 3.65. The van der Waals surface area contributed by atoms with E-state index in [0.29, 0.717) is 5.92 Å². The van der Waals surface area contributed by atoms with Gasteiger partial charge in [0.2, 0.25) is 0 Å². The van der Waals surface area contributed by atoms with Crippen molar-refractivity contribution < 1.29 is 8.85 Å². The molecule has 1 unspecified atom stereocenters. The van der Waals surface area contributed by atoms with Crippen LogP contribution in [-0.2, 0) is 8.85 Å². The second-order valence-electron chi connectivity index (χ2n) is 4.49. The van der Waals surface area contributed by atoms with Crippen LogP contribution in [-0.4, -0.2) is 44.1 Å². The van der Waals surface area contributed by atoms with Crippen molar-refractivity contribution in [1.82, 2.24) is 4.23 Å². The number of hydrogen-bond acceptors (Lipinski definition) is 3. The quantitative estimate of drug-likeness (QED) is 0.621. The molecule has 1 rings (SSSR count). The molecule has 1 aliphatic rings. The van der Waals surface area contributed by atoms with Crippen molar-refractivity contribution in [2.45, 2.75) is 25.8 Å². The highest BCUT2D eigenvalue weighted by molar-refractivity contribution is 6.72.